The number of carbonyl (C=O) groups excluding carboxylic acids is 1. The summed E-state index contributed by atoms with van der Waals surface area (Å²) in [5, 5.41) is 3.23. The normalized spacial score (nSPS) is 13.6. The quantitative estimate of drug-likeness (QED) is 0.869. The fourth-order valence-corrected chi connectivity index (χ4v) is 2.69. The minimum Gasteiger partial charge on any atom is -0.435 e. The third-order valence-corrected chi connectivity index (χ3v) is 3.98. The molecule has 1 N–H and O–H groups in total. The molecule has 0 saturated heterocycles. The molecular weight excluding hydrogens is 330 g/mol. The first-order valence-corrected chi connectivity index (χ1v) is 7.80. The molecule has 0 fully saturated rings. The highest BCUT2D eigenvalue weighted by molar-refractivity contribution is 6.02. The highest BCUT2D eigenvalue weighted by Gasteiger charge is 2.23. The molecule has 0 aromatic heterocycles. The van der Waals surface area contributed by atoms with Gasteiger partial charge in [-0.05, 0) is 35.4 Å². The van der Waals surface area contributed by atoms with Crippen molar-refractivity contribution in [1.29, 1.82) is 0 Å². The van der Waals surface area contributed by atoms with Crippen molar-refractivity contribution in [2.45, 2.75) is 6.61 Å². The molecular formula is C18H18F2N2O3. The molecule has 5 nitrogen and oxygen atoms in total. The number of nitrogens with one attached hydrogen (secondary N) is 1. The summed E-state index contributed by atoms with van der Waals surface area (Å²) < 4.78 is 33.8. The number of nitrogens with zero attached hydrogens (tertiary/aromatic N) is 1. The van der Waals surface area contributed by atoms with Crippen molar-refractivity contribution in [2.75, 3.05) is 32.2 Å². The van der Waals surface area contributed by atoms with Crippen molar-refractivity contribution in [2.24, 2.45) is 0 Å². The van der Waals surface area contributed by atoms with Crippen LogP contribution >= 0.6 is 0 Å². The highest BCUT2D eigenvalue weighted by atomic mass is 19.3. The van der Waals surface area contributed by atoms with E-state index in [-0.39, 0.29) is 11.7 Å². The number of amides is 1. The van der Waals surface area contributed by atoms with Crippen LogP contribution < -0.4 is 10.1 Å². The van der Waals surface area contributed by atoms with E-state index < -0.39 is 6.61 Å². The van der Waals surface area contributed by atoms with E-state index in [9.17, 15) is 13.6 Å². The molecule has 0 spiro atoms. The van der Waals surface area contributed by atoms with Crippen LogP contribution in [0, 0.1) is 0 Å². The minimum absolute atomic E-state index is 0.0435. The van der Waals surface area contributed by atoms with Gasteiger partial charge in [-0.1, -0.05) is 18.2 Å². The second-order valence-corrected chi connectivity index (χ2v) is 5.56. The highest BCUT2D eigenvalue weighted by Crippen LogP contribution is 2.30. The van der Waals surface area contributed by atoms with Gasteiger partial charge in [-0.25, -0.2) is 0 Å². The maximum absolute atomic E-state index is 12.5. The van der Waals surface area contributed by atoms with Gasteiger partial charge in [-0.15, -0.1) is 0 Å². The number of benzene rings is 2. The van der Waals surface area contributed by atoms with Crippen LogP contribution in [0.15, 0.2) is 42.5 Å². The molecule has 0 atom stereocenters. The standard InChI is InChI=1S/C18H18F2N2O3/c1-24-9-8-22-11-21-16-10-13(4-7-15(16)17(22)23)12-2-5-14(6-3-12)25-18(19)20/h2-7,10,18,21H,8-9,11H2,1H3. The van der Waals surface area contributed by atoms with Gasteiger partial charge in [0.25, 0.3) is 5.91 Å². The first-order valence-electron chi connectivity index (χ1n) is 7.80. The predicted molar refractivity (Wildman–Crippen MR) is 89.9 cm³/mol. The molecule has 2 aromatic rings. The number of ether oxygens (including phenoxy) is 2. The Kier molecular flexibility index (Phi) is 5.14. The van der Waals surface area contributed by atoms with Crippen LogP contribution in [0.4, 0.5) is 14.5 Å². The van der Waals surface area contributed by atoms with Crippen molar-refractivity contribution >= 4 is 11.6 Å². The molecule has 132 valence electrons. The average Bonchev–Trinajstić information content (AvgIpc) is 2.61. The summed E-state index contributed by atoms with van der Waals surface area (Å²) in [5.74, 6) is 0.0665. The van der Waals surface area contributed by atoms with Gasteiger partial charge in [0.15, 0.2) is 0 Å². The number of carbonyl (C=O) groups is 1. The average molecular weight is 348 g/mol. The summed E-state index contributed by atoms with van der Waals surface area (Å²) in [4.78, 5) is 14.1. The molecule has 0 saturated carbocycles. The molecule has 25 heavy (non-hydrogen) atoms. The molecule has 2 aromatic carbocycles. The summed E-state index contributed by atoms with van der Waals surface area (Å²) in [6.07, 6.45) is 0. The monoisotopic (exact) mass is 348 g/mol. The van der Waals surface area contributed by atoms with E-state index >= 15 is 0 Å². The maximum Gasteiger partial charge on any atom is 0.387 e. The van der Waals surface area contributed by atoms with E-state index in [1.54, 1.807) is 30.2 Å². The topological polar surface area (TPSA) is 50.8 Å². The molecule has 3 rings (SSSR count). The van der Waals surface area contributed by atoms with Crippen LogP contribution in [-0.2, 0) is 4.74 Å². The number of hydrogen-bond donors (Lipinski definition) is 1. The second-order valence-electron chi connectivity index (χ2n) is 5.56. The van der Waals surface area contributed by atoms with Gasteiger partial charge in [0.1, 0.15) is 5.75 Å². The lowest BCUT2D eigenvalue weighted by atomic mass is 10.0. The van der Waals surface area contributed by atoms with Gasteiger partial charge in [0, 0.05) is 19.3 Å². The van der Waals surface area contributed by atoms with Crippen LogP contribution in [0.2, 0.25) is 0 Å². The minimum atomic E-state index is -2.84. The first-order chi connectivity index (χ1) is 12.1. The summed E-state index contributed by atoms with van der Waals surface area (Å²) in [6.45, 7) is -1.42. The lowest BCUT2D eigenvalue weighted by Gasteiger charge is -2.29. The van der Waals surface area contributed by atoms with E-state index in [1.807, 2.05) is 12.1 Å². The van der Waals surface area contributed by atoms with Crippen LogP contribution in [0.3, 0.4) is 0 Å². The maximum atomic E-state index is 12.5. The van der Waals surface area contributed by atoms with Crippen LogP contribution in [0.25, 0.3) is 11.1 Å². The first kappa shape index (κ1) is 17.2. The Labute approximate surface area is 144 Å². The number of rotatable bonds is 6. The molecule has 1 aliphatic rings. The third kappa shape index (κ3) is 3.88. The predicted octanol–water partition coefficient (Wildman–Crippen LogP) is 3.43. The largest absolute Gasteiger partial charge is 0.435 e. The summed E-state index contributed by atoms with van der Waals surface area (Å²) in [5.41, 5.74) is 3.08. The second kappa shape index (κ2) is 7.48. The molecule has 1 aliphatic heterocycles. The van der Waals surface area contributed by atoms with Crippen LogP contribution in [0.5, 0.6) is 5.75 Å². The number of halogens is 2. The van der Waals surface area contributed by atoms with Gasteiger partial charge in [0.2, 0.25) is 0 Å². The van der Waals surface area contributed by atoms with E-state index in [2.05, 4.69) is 10.1 Å². The molecule has 0 bridgehead atoms. The fourth-order valence-electron chi connectivity index (χ4n) is 2.69. The number of anilines is 1. The van der Waals surface area contributed by atoms with Crippen LogP contribution in [0.1, 0.15) is 10.4 Å². The molecule has 0 aliphatic carbocycles. The summed E-state index contributed by atoms with van der Waals surface area (Å²) >= 11 is 0. The molecule has 0 radical (unpaired) electrons. The lowest BCUT2D eigenvalue weighted by molar-refractivity contribution is -0.0498. The van der Waals surface area contributed by atoms with E-state index in [1.165, 1.54) is 12.1 Å². The zero-order valence-electron chi connectivity index (χ0n) is 13.7. The zero-order chi connectivity index (χ0) is 17.8. The molecule has 1 heterocycles. The molecule has 1 amide bonds. The van der Waals surface area contributed by atoms with E-state index in [0.29, 0.717) is 25.4 Å². The van der Waals surface area contributed by atoms with Gasteiger partial charge < -0.3 is 19.7 Å². The Morgan fingerprint density at radius 1 is 1.16 bits per heavy atom. The summed E-state index contributed by atoms with van der Waals surface area (Å²) in [6, 6.07) is 11.9. The van der Waals surface area contributed by atoms with E-state index in [0.717, 1.165) is 16.8 Å². The Balaban J connectivity index is 1.79. The number of fused-ring (bicyclic) bond motifs is 1. The molecule has 7 heteroatoms. The Hall–Kier alpha value is -2.67. The van der Waals surface area contributed by atoms with Crippen molar-refractivity contribution in [3.05, 3.63) is 48.0 Å². The van der Waals surface area contributed by atoms with Gasteiger partial charge >= 0.3 is 6.61 Å². The molecule has 0 unspecified atom stereocenters. The van der Waals surface area contributed by atoms with Gasteiger partial charge in [-0.2, -0.15) is 8.78 Å². The van der Waals surface area contributed by atoms with Crippen molar-refractivity contribution in [3.8, 4) is 16.9 Å². The smallest absolute Gasteiger partial charge is 0.387 e. The number of alkyl halides is 2. The van der Waals surface area contributed by atoms with Crippen molar-refractivity contribution in [1.82, 2.24) is 4.90 Å². The number of hydrogen-bond acceptors (Lipinski definition) is 4. The third-order valence-electron chi connectivity index (χ3n) is 3.98. The number of methoxy groups -OCH3 is 1. The lowest BCUT2D eigenvalue weighted by Crippen LogP contribution is -2.41. The Morgan fingerprint density at radius 2 is 1.88 bits per heavy atom. The Bertz CT molecular complexity index is 750. The zero-order valence-corrected chi connectivity index (χ0v) is 13.7. The summed E-state index contributed by atoms with van der Waals surface area (Å²) in [7, 11) is 1.60. The fraction of sp³-hybridized carbons (Fsp3) is 0.278. The van der Waals surface area contributed by atoms with Gasteiger partial charge in [0.05, 0.1) is 18.8 Å². The van der Waals surface area contributed by atoms with Crippen molar-refractivity contribution < 1.29 is 23.0 Å². The van der Waals surface area contributed by atoms with E-state index in [4.69, 9.17) is 4.74 Å². The van der Waals surface area contributed by atoms with Crippen LogP contribution in [-0.4, -0.2) is 44.3 Å². The SMILES string of the molecule is COCCN1CNc2cc(-c3ccc(OC(F)F)cc3)ccc2C1=O. The van der Waals surface area contributed by atoms with Crippen molar-refractivity contribution in [3.63, 3.8) is 0 Å². The Morgan fingerprint density at radius 3 is 2.56 bits per heavy atom. The van der Waals surface area contributed by atoms with Gasteiger partial charge in [-0.3, -0.25) is 4.79 Å².